The Morgan fingerprint density at radius 1 is 1.33 bits per heavy atom. The van der Waals surface area contributed by atoms with E-state index < -0.39 is 6.04 Å². The smallest absolute Gasteiger partial charge is 0.251 e. The number of carbonyl (C=O) groups excluding carboxylic acids is 1. The molecule has 1 aromatic carbocycles. The van der Waals surface area contributed by atoms with Gasteiger partial charge in [-0.05, 0) is 35.3 Å². The lowest BCUT2D eigenvalue weighted by Gasteiger charge is -2.12. The summed E-state index contributed by atoms with van der Waals surface area (Å²) in [7, 11) is 0. The van der Waals surface area contributed by atoms with Gasteiger partial charge in [0.05, 0.1) is 22.9 Å². The van der Waals surface area contributed by atoms with Crippen molar-refractivity contribution < 1.29 is 4.79 Å². The van der Waals surface area contributed by atoms with E-state index in [0.29, 0.717) is 6.54 Å². The fourth-order valence-corrected chi connectivity index (χ4v) is 2.59. The number of amides is 1. The molecular formula is C16H17BrN6O. The molecular weight excluding hydrogens is 372 g/mol. The van der Waals surface area contributed by atoms with E-state index in [1.807, 2.05) is 37.3 Å². The topological polar surface area (TPSA) is 77.6 Å². The molecule has 0 spiro atoms. The van der Waals surface area contributed by atoms with Gasteiger partial charge in [-0.2, -0.15) is 5.10 Å². The zero-order valence-corrected chi connectivity index (χ0v) is 14.9. The van der Waals surface area contributed by atoms with Gasteiger partial charge in [-0.3, -0.25) is 14.8 Å². The van der Waals surface area contributed by atoms with Crippen LogP contribution in [0.4, 0.5) is 5.95 Å². The van der Waals surface area contributed by atoms with E-state index in [0.717, 1.165) is 15.7 Å². The zero-order chi connectivity index (χ0) is 17.1. The van der Waals surface area contributed by atoms with Gasteiger partial charge in [-0.15, -0.1) is 5.10 Å². The number of aromatic nitrogens is 5. The van der Waals surface area contributed by atoms with Crippen molar-refractivity contribution in [2.24, 2.45) is 0 Å². The molecule has 0 aliphatic carbocycles. The minimum atomic E-state index is -0.461. The highest BCUT2D eigenvalue weighted by atomic mass is 79.9. The summed E-state index contributed by atoms with van der Waals surface area (Å²) in [6, 6.07) is 9.48. The lowest BCUT2D eigenvalue weighted by atomic mass is 10.2. The van der Waals surface area contributed by atoms with Gasteiger partial charge < -0.3 is 0 Å². The van der Waals surface area contributed by atoms with Crippen LogP contribution < -0.4 is 5.32 Å². The molecule has 8 heteroatoms. The van der Waals surface area contributed by atoms with Crippen LogP contribution in [0.25, 0.3) is 0 Å². The first-order valence-corrected chi connectivity index (χ1v) is 8.27. The molecule has 1 amide bonds. The van der Waals surface area contributed by atoms with Crippen molar-refractivity contribution in [1.82, 2.24) is 24.5 Å². The van der Waals surface area contributed by atoms with Crippen molar-refractivity contribution in [3.05, 3.63) is 58.6 Å². The summed E-state index contributed by atoms with van der Waals surface area (Å²) in [4.78, 5) is 16.5. The van der Waals surface area contributed by atoms with E-state index in [1.165, 1.54) is 0 Å². The molecule has 24 heavy (non-hydrogen) atoms. The highest BCUT2D eigenvalue weighted by Gasteiger charge is 2.19. The van der Waals surface area contributed by atoms with Gasteiger partial charge in [0, 0.05) is 0 Å². The molecule has 0 aliphatic heterocycles. The summed E-state index contributed by atoms with van der Waals surface area (Å²) in [5.41, 5.74) is 2.01. The Hall–Kier alpha value is -2.48. The predicted molar refractivity (Wildman–Crippen MR) is 93.6 cm³/mol. The Morgan fingerprint density at radius 2 is 2.08 bits per heavy atom. The fourth-order valence-electron chi connectivity index (χ4n) is 2.32. The number of hydrogen-bond acceptors (Lipinski definition) is 4. The zero-order valence-electron chi connectivity index (χ0n) is 13.3. The summed E-state index contributed by atoms with van der Waals surface area (Å²) >= 11 is 3.39. The molecule has 0 aliphatic rings. The molecule has 1 N–H and O–H groups in total. The maximum atomic E-state index is 12.4. The summed E-state index contributed by atoms with van der Waals surface area (Å²) in [5.74, 6) is 0.0674. The summed E-state index contributed by atoms with van der Waals surface area (Å²) in [6.07, 6.45) is 3.27. The summed E-state index contributed by atoms with van der Waals surface area (Å²) in [6.45, 7) is 4.28. The van der Waals surface area contributed by atoms with Gasteiger partial charge in [0.25, 0.3) is 5.91 Å². The van der Waals surface area contributed by atoms with Crippen LogP contribution in [-0.4, -0.2) is 30.5 Å². The van der Waals surface area contributed by atoms with Gasteiger partial charge in [-0.25, -0.2) is 9.67 Å². The molecule has 0 bridgehead atoms. The Kier molecular flexibility index (Phi) is 4.75. The van der Waals surface area contributed by atoms with E-state index >= 15 is 0 Å². The minimum absolute atomic E-state index is 0.217. The van der Waals surface area contributed by atoms with Gasteiger partial charge in [0.15, 0.2) is 0 Å². The number of nitrogens with zero attached hydrogens (tertiary/aromatic N) is 5. The second kappa shape index (κ2) is 6.96. The number of benzene rings is 1. The molecule has 1 unspecified atom stereocenters. The summed E-state index contributed by atoms with van der Waals surface area (Å²) < 4.78 is 4.21. The number of rotatable bonds is 5. The molecule has 0 saturated carbocycles. The van der Waals surface area contributed by atoms with Crippen LogP contribution in [0.3, 0.4) is 0 Å². The van der Waals surface area contributed by atoms with Crippen molar-refractivity contribution in [2.45, 2.75) is 26.4 Å². The molecule has 0 radical (unpaired) electrons. The van der Waals surface area contributed by atoms with Crippen LogP contribution in [0.1, 0.15) is 24.2 Å². The second-order valence-corrected chi connectivity index (χ2v) is 6.29. The lowest BCUT2D eigenvalue weighted by molar-refractivity contribution is -0.119. The van der Waals surface area contributed by atoms with Crippen molar-refractivity contribution in [2.75, 3.05) is 5.32 Å². The minimum Gasteiger partial charge on any atom is -0.291 e. The van der Waals surface area contributed by atoms with E-state index in [4.69, 9.17) is 0 Å². The highest BCUT2D eigenvalue weighted by Crippen LogP contribution is 2.19. The second-order valence-electron chi connectivity index (χ2n) is 5.44. The fraction of sp³-hybridized carbons (Fsp3) is 0.250. The normalized spacial score (nSPS) is 12.1. The Morgan fingerprint density at radius 3 is 2.75 bits per heavy atom. The van der Waals surface area contributed by atoms with Gasteiger partial charge in [0.1, 0.15) is 12.4 Å². The monoisotopic (exact) mass is 388 g/mol. The molecule has 3 rings (SSSR count). The number of hydrogen-bond donors (Lipinski definition) is 1. The van der Waals surface area contributed by atoms with Crippen LogP contribution in [0.5, 0.6) is 0 Å². The third-order valence-corrected chi connectivity index (χ3v) is 4.47. The summed E-state index contributed by atoms with van der Waals surface area (Å²) in [5, 5.41) is 11.2. The molecule has 2 heterocycles. The first kappa shape index (κ1) is 16.4. The van der Waals surface area contributed by atoms with Crippen molar-refractivity contribution in [3.63, 3.8) is 0 Å². The maximum Gasteiger partial charge on any atom is 0.251 e. The quantitative estimate of drug-likeness (QED) is 0.728. The first-order valence-electron chi connectivity index (χ1n) is 7.48. The van der Waals surface area contributed by atoms with E-state index in [1.54, 1.807) is 28.8 Å². The van der Waals surface area contributed by atoms with Crippen LogP contribution in [-0.2, 0) is 11.3 Å². The highest BCUT2D eigenvalue weighted by molar-refractivity contribution is 9.10. The molecule has 0 fully saturated rings. The average molecular weight is 389 g/mol. The van der Waals surface area contributed by atoms with E-state index in [9.17, 15) is 4.79 Å². The largest absolute Gasteiger partial charge is 0.291 e. The Bertz CT molecular complexity index is 841. The number of halogens is 1. The van der Waals surface area contributed by atoms with Gasteiger partial charge in [-0.1, -0.05) is 30.3 Å². The first-order chi connectivity index (χ1) is 11.5. The standard InChI is InChI=1S/C16H17BrN6O/c1-11-14(17)8-19-23(11)12(2)15(24)20-16-18-10-22(21-16)9-13-6-4-3-5-7-13/h3-8,10,12H,9H2,1-2H3,(H,20,21,24). The van der Waals surface area contributed by atoms with Crippen molar-refractivity contribution in [3.8, 4) is 0 Å². The van der Waals surface area contributed by atoms with Crippen LogP contribution in [0.2, 0.25) is 0 Å². The van der Waals surface area contributed by atoms with Crippen molar-refractivity contribution in [1.29, 1.82) is 0 Å². The molecule has 0 saturated heterocycles. The molecule has 124 valence electrons. The van der Waals surface area contributed by atoms with Crippen molar-refractivity contribution >= 4 is 27.8 Å². The molecule has 2 aromatic heterocycles. The third-order valence-electron chi connectivity index (χ3n) is 3.69. The molecule has 1 atom stereocenters. The maximum absolute atomic E-state index is 12.4. The average Bonchev–Trinajstić information content (AvgIpc) is 3.15. The van der Waals surface area contributed by atoms with E-state index in [-0.39, 0.29) is 11.9 Å². The van der Waals surface area contributed by atoms with E-state index in [2.05, 4.69) is 36.4 Å². The third kappa shape index (κ3) is 3.53. The number of anilines is 1. The Balaban J connectivity index is 1.66. The van der Waals surface area contributed by atoms with Crippen LogP contribution in [0, 0.1) is 6.92 Å². The van der Waals surface area contributed by atoms with Gasteiger partial charge >= 0.3 is 0 Å². The van der Waals surface area contributed by atoms with Crippen LogP contribution in [0.15, 0.2) is 47.3 Å². The Labute approximate surface area is 147 Å². The SMILES string of the molecule is Cc1c(Br)cnn1C(C)C(=O)Nc1ncn(Cc2ccccc2)n1. The number of carbonyl (C=O) groups is 1. The molecule has 3 aromatic rings. The number of nitrogens with one attached hydrogen (secondary N) is 1. The lowest BCUT2D eigenvalue weighted by Crippen LogP contribution is -2.25. The predicted octanol–water partition coefficient (Wildman–Crippen LogP) is 2.79. The van der Waals surface area contributed by atoms with Crippen LogP contribution >= 0.6 is 15.9 Å². The van der Waals surface area contributed by atoms with Gasteiger partial charge in [0.2, 0.25) is 5.95 Å². The molecule has 7 nitrogen and oxygen atoms in total.